The lowest BCUT2D eigenvalue weighted by Crippen LogP contribution is -2.33. The van der Waals surface area contributed by atoms with Gasteiger partial charge >= 0.3 is 0 Å². The first-order valence-corrected chi connectivity index (χ1v) is 5.39. The maximum atomic E-state index is 13.6. The maximum absolute atomic E-state index is 13.6. The molecule has 0 radical (unpaired) electrons. The molecule has 0 fully saturated rings. The Labute approximate surface area is 99.2 Å². The summed E-state index contributed by atoms with van der Waals surface area (Å²) in [6.45, 7) is 3.26. The van der Waals surface area contributed by atoms with Gasteiger partial charge in [0.1, 0.15) is 0 Å². The number of carbonyl (C=O) groups excluding carboxylic acids is 1. The minimum Gasteiger partial charge on any atom is -0.478 e. The number of benzene rings is 1. The first-order chi connectivity index (χ1) is 7.95. The van der Waals surface area contributed by atoms with E-state index in [9.17, 15) is 14.3 Å². The van der Waals surface area contributed by atoms with Gasteiger partial charge in [-0.05, 0) is 31.0 Å². The predicted molar refractivity (Wildman–Crippen MR) is 60.9 cm³/mol. The molecule has 0 spiro atoms. The molecule has 0 aliphatic heterocycles. The van der Waals surface area contributed by atoms with E-state index in [0.29, 0.717) is 12.0 Å². The normalized spacial score (nSPS) is 14.1. The van der Waals surface area contributed by atoms with Gasteiger partial charge in [-0.2, -0.15) is 0 Å². The van der Waals surface area contributed by atoms with E-state index in [-0.39, 0.29) is 5.75 Å². The van der Waals surface area contributed by atoms with Crippen molar-refractivity contribution in [3.63, 3.8) is 0 Å². The largest absolute Gasteiger partial charge is 0.478 e. The van der Waals surface area contributed by atoms with Gasteiger partial charge in [-0.25, -0.2) is 4.39 Å². The second-order valence-corrected chi connectivity index (χ2v) is 3.78. The Morgan fingerprint density at radius 1 is 1.59 bits per heavy atom. The number of amides is 1. The highest BCUT2D eigenvalue weighted by Gasteiger charge is 2.17. The third-order valence-corrected chi connectivity index (χ3v) is 2.40. The molecule has 0 bridgehead atoms. The van der Waals surface area contributed by atoms with Crippen molar-refractivity contribution in [3.05, 3.63) is 29.6 Å². The average Bonchev–Trinajstić information content (AvgIpc) is 2.26. The van der Waals surface area contributed by atoms with Gasteiger partial charge in [-0.15, -0.1) is 0 Å². The van der Waals surface area contributed by atoms with E-state index in [1.165, 1.54) is 25.1 Å². The third-order valence-electron chi connectivity index (χ3n) is 2.40. The number of nitrogens with two attached hydrogens (primary N) is 1. The van der Waals surface area contributed by atoms with Crippen LogP contribution in [0.1, 0.15) is 31.9 Å². The average molecular weight is 241 g/mol. The molecule has 1 amide bonds. The molecule has 0 aliphatic rings. The summed E-state index contributed by atoms with van der Waals surface area (Å²) in [4.78, 5) is 11.0. The van der Waals surface area contributed by atoms with Crippen LogP contribution in [0.5, 0.6) is 5.75 Å². The van der Waals surface area contributed by atoms with E-state index in [2.05, 4.69) is 0 Å². The summed E-state index contributed by atoms with van der Waals surface area (Å²) < 4.78 is 18.7. The van der Waals surface area contributed by atoms with Gasteiger partial charge in [0.15, 0.2) is 17.7 Å². The van der Waals surface area contributed by atoms with Crippen LogP contribution in [0.25, 0.3) is 0 Å². The fourth-order valence-corrected chi connectivity index (χ4v) is 1.37. The minimum atomic E-state index is -0.845. The SMILES string of the molecule is CCC(Oc1ccc(C(C)O)cc1F)C(N)=O. The molecule has 1 aromatic carbocycles. The molecular formula is C12H16FNO3. The van der Waals surface area contributed by atoms with E-state index in [0.717, 1.165) is 0 Å². The molecule has 17 heavy (non-hydrogen) atoms. The molecule has 2 atom stereocenters. The van der Waals surface area contributed by atoms with Gasteiger partial charge in [0.25, 0.3) is 5.91 Å². The summed E-state index contributed by atoms with van der Waals surface area (Å²) in [5.41, 5.74) is 5.54. The molecule has 0 heterocycles. The number of hydrogen-bond donors (Lipinski definition) is 2. The van der Waals surface area contributed by atoms with E-state index in [1.54, 1.807) is 6.92 Å². The first-order valence-electron chi connectivity index (χ1n) is 5.39. The van der Waals surface area contributed by atoms with Crippen LogP contribution in [-0.4, -0.2) is 17.1 Å². The zero-order valence-corrected chi connectivity index (χ0v) is 9.81. The van der Waals surface area contributed by atoms with E-state index < -0.39 is 23.9 Å². The predicted octanol–water partition coefficient (Wildman–Crippen LogP) is 1.52. The van der Waals surface area contributed by atoms with Crippen molar-refractivity contribution in [3.8, 4) is 5.75 Å². The van der Waals surface area contributed by atoms with E-state index in [4.69, 9.17) is 10.5 Å². The summed E-state index contributed by atoms with van der Waals surface area (Å²) in [5.74, 6) is -1.30. The zero-order chi connectivity index (χ0) is 13.0. The topological polar surface area (TPSA) is 72.6 Å². The standard InChI is InChI=1S/C12H16FNO3/c1-3-10(12(14)16)17-11-5-4-8(7(2)15)6-9(11)13/h4-7,10,15H,3H2,1-2H3,(H2,14,16). The number of primary amides is 1. The number of aliphatic hydroxyl groups excluding tert-OH is 1. The molecule has 5 heteroatoms. The lowest BCUT2D eigenvalue weighted by Gasteiger charge is -2.15. The molecule has 2 unspecified atom stereocenters. The molecule has 94 valence electrons. The summed E-state index contributed by atoms with van der Waals surface area (Å²) in [6.07, 6.45) is -1.23. The molecule has 1 aromatic rings. The van der Waals surface area contributed by atoms with Crippen LogP contribution in [0.2, 0.25) is 0 Å². The van der Waals surface area contributed by atoms with Crippen LogP contribution in [0, 0.1) is 5.82 Å². The molecule has 0 saturated carbocycles. The third kappa shape index (κ3) is 3.42. The van der Waals surface area contributed by atoms with Gasteiger partial charge in [0, 0.05) is 0 Å². The van der Waals surface area contributed by atoms with E-state index in [1.807, 2.05) is 0 Å². The highest BCUT2D eigenvalue weighted by atomic mass is 19.1. The van der Waals surface area contributed by atoms with Gasteiger partial charge < -0.3 is 15.6 Å². The molecule has 0 aromatic heterocycles. The quantitative estimate of drug-likeness (QED) is 0.821. The zero-order valence-electron chi connectivity index (χ0n) is 9.81. The Bertz CT molecular complexity index is 407. The summed E-state index contributed by atoms with van der Waals surface area (Å²) in [7, 11) is 0. The van der Waals surface area contributed by atoms with Crippen molar-refractivity contribution in [1.29, 1.82) is 0 Å². The molecular weight excluding hydrogens is 225 g/mol. The number of hydrogen-bond acceptors (Lipinski definition) is 3. The molecule has 0 saturated heterocycles. The number of aliphatic hydroxyl groups is 1. The smallest absolute Gasteiger partial charge is 0.258 e. The van der Waals surface area contributed by atoms with Crippen LogP contribution < -0.4 is 10.5 Å². The van der Waals surface area contributed by atoms with Gasteiger partial charge in [0.05, 0.1) is 6.10 Å². The Morgan fingerprint density at radius 2 is 2.24 bits per heavy atom. The Hall–Kier alpha value is -1.62. The molecule has 1 rings (SSSR count). The van der Waals surface area contributed by atoms with Crippen LogP contribution in [0.3, 0.4) is 0 Å². The monoisotopic (exact) mass is 241 g/mol. The van der Waals surface area contributed by atoms with Crippen molar-refractivity contribution in [1.82, 2.24) is 0 Å². The van der Waals surface area contributed by atoms with Crippen molar-refractivity contribution < 1.29 is 19.0 Å². The second-order valence-electron chi connectivity index (χ2n) is 3.78. The van der Waals surface area contributed by atoms with Crippen LogP contribution in [0.15, 0.2) is 18.2 Å². The fourth-order valence-electron chi connectivity index (χ4n) is 1.37. The second kappa shape index (κ2) is 5.63. The summed E-state index contributed by atoms with van der Waals surface area (Å²) >= 11 is 0. The fraction of sp³-hybridized carbons (Fsp3) is 0.417. The number of carbonyl (C=O) groups is 1. The van der Waals surface area contributed by atoms with Gasteiger partial charge in [-0.1, -0.05) is 13.0 Å². The van der Waals surface area contributed by atoms with Crippen LogP contribution >= 0.6 is 0 Å². The molecule has 3 N–H and O–H groups in total. The van der Waals surface area contributed by atoms with Crippen LogP contribution in [0.4, 0.5) is 4.39 Å². The number of rotatable bonds is 5. The number of ether oxygens (including phenoxy) is 1. The summed E-state index contributed by atoms with van der Waals surface area (Å²) in [5, 5.41) is 9.27. The van der Waals surface area contributed by atoms with Gasteiger partial charge in [-0.3, -0.25) is 4.79 Å². The first kappa shape index (κ1) is 13.4. The Balaban J connectivity index is 2.89. The van der Waals surface area contributed by atoms with Crippen molar-refractivity contribution in [2.24, 2.45) is 5.73 Å². The maximum Gasteiger partial charge on any atom is 0.258 e. The highest BCUT2D eigenvalue weighted by molar-refractivity contribution is 5.79. The molecule has 0 aliphatic carbocycles. The summed E-state index contributed by atoms with van der Waals surface area (Å²) in [6, 6.07) is 4.09. The highest BCUT2D eigenvalue weighted by Crippen LogP contribution is 2.23. The van der Waals surface area contributed by atoms with E-state index >= 15 is 0 Å². The van der Waals surface area contributed by atoms with Crippen LogP contribution in [-0.2, 0) is 4.79 Å². The lowest BCUT2D eigenvalue weighted by molar-refractivity contribution is -0.124. The number of halogens is 1. The minimum absolute atomic E-state index is 0.0416. The van der Waals surface area contributed by atoms with Crippen molar-refractivity contribution in [2.45, 2.75) is 32.5 Å². The Morgan fingerprint density at radius 3 is 2.65 bits per heavy atom. The lowest BCUT2D eigenvalue weighted by atomic mass is 10.1. The van der Waals surface area contributed by atoms with Crippen molar-refractivity contribution >= 4 is 5.91 Å². The Kier molecular flexibility index (Phi) is 4.45. The molecule has 4 nitrogen and oxygen atoms in total. The van der Waals surface area contributed by atoms with Gasteiger partial charge in [0.2, 0.25) is 0 Å². The van der Waals surface area contributed by atoms with Crippen molar-refractivity contribution in [2.75, 3.05) is 0 Å².